The highest BCUT2D eigenvalue weighted by molar-refractivity contribution is 5.52. The van der Waals surface area contributed by atoms with Crippen molar-refractivity contribution in [2.75, 3.05) is 5.73 Å². The minimum absolute atomic E-state index is 0.117. The Balaban J connectivity index is 2.41. The van der Waals surface area contributed by atoms with Gasteiger partial charge in [-0.2, -0.15) is 10.4 Å². The molecule has 18 heavy (non-hydrogen) atoms. The van der Waals surface area contributed by atoms with Crippen LogP contribution in [0, 0.1) is 11.3 Å². The number of nitrogen functional groups attached to an aromatic ring is 1. The van der Waals surface area contributed by atoms with Gasteiger partial charge in [0, 0.05) is 0 Å². The molecule has 0 bridgehead atoms. The van der Waals surface area contributed by atoms with Crippen LogP contribution in [0.4, 0.5) is 5.82 Å². The number of anilines is 1. The predicted octanol–water partition coefficient (Wildman–Crippen LogP) is 2.62. The third kappa shape index (κ3) is 2.07. The highest BCUT2D eigenvalue weighted by Gasteiger charge is 2.14. The lowest BCUT2D eigenvalue weighted by atomic mass is 9.87. The number of hydrogen-bond donors (Lipinski definition) is 1. The zero-order chi connectivity index (χ0) is 13.3. The molecule has 1 aromatic heterocycles. The van der Waals surface area contributed by atoms with Crippen molar-refractivity contribution in [2.24, 2.45) is 0 Å². The number of nitrogens with two attached hydrogens (primary N) is 1. The van der Waals surface area contributed by atoms with Crippen LogP contribution in [0.2, 0.25) is 0 Å². The lowest BCUT2D eigenvalue weighted by Gasteiger charge is -2.19. The summed E-state index contributed by atoms with van der Waals surface area (Å²) in [5, 5.41) is 13.0. The number of aromatic nitrogens is 2. The van der Waals surface area contributed by atoms with Gasteiger partial charge in [0.15, 0.2) is 0 Å². The molecule has 0 saturated heterocycles. The monoisotopic (exact) mass is 240 g/mol. The van der Waals surface area contributed by atoms with Gasteiger partial charge in [-0.05, 0) is 23.1 Å². The maximum atomic E-state index is 8.85. The molecule has 2 N–H and O–H groups in total. The molecule has 0 fully saturated rings. The summed E-state index contributed by atoms with van der Waals surface area (Å²) in [5.41, 5.74) is 8.47. The average Bonchev–Trinajstić information content (AvgIpc) is 2.69. The molecule has 0 radical (unpaired) electrons. The van der Waals surface area contributed by atoms with E-state index in [4.69, 9.17) is 11.0 Å². The Morgan fingerprint density at radius 1 is 1.22 bits per heavy atom. The molecule has 2 rings (SSSR count). The lowest BCUT2D eigenvalue weighted by molar-refractivity contribution is 0.590. The van der Waals surface area contributed by atoms with E-state index in [-0.39, 0.29) is 5.41 Å². The average molecular weight is 240 g/mol. The molecule has 0 aliphatic heterocycles. The number of benzene rings is 1. The minimum Gasteiger partial charge on any atom is -0.382 e. The molecule has 92 valence electrons. The van der Waals surface area contributed by atoms with Gasteiger partial charge >= 0.3 is 0 Å². The number of rotatable bonds is 1. The van der Waals surface area contributed by atoms with Crippen LogP contribution in [0.25, 0.3) is 5.69 Å². The van der Waals surface area contributed by atoms with Crippen LogP contribution < -0.4 is 5.73 Å². The number of nitrogens with zero attached hydrogens (tertiary/aromatic N) is 3. The second kappa shape index (κ2) is 4.19. The minimum atomic E-state index is 0.117. The SMILES string of the molecule is CC(C)(C)c1ccc(-n2ncc(C#N)c2N)cc1. The van der Waals surface area contributed by atoms with Crippen molar-refractivity contribution < 1.29 is 0 Å². The second-order valence-corrected chi connectivity index (χ2v) is 5.26. The van der Waals surface area contributed by atoms with Crippen molar-refractivity contribution in [3.05, 3.63) is 41.6 Å². The molecule has 0 amide bonds. The maximum Gasteiger partial charge on any atom is 0.145 e. The van der Waals surface area contributed by atoms with E-state index < -0.39 is 0 Å². The van der Waals surface area contributed by atoms with E-state index in [1.54, 1.807) is 4.68 Å². The summed E-state index contributed by atoms with van der Waals surface area (Å²) < 4.78 is 1.57. The first-order valence-corrected chi connectivity index (χ1v) is 5.78. The van der Waals surface area contributed by atoms with Crippen molar-refractivity contribution in [1.29, 1.82) is 5.26 Å². The summed E-state index contributed by atoms with van der Waals surface area (Å²) >= 11 is 0. The van der Waals surface area contributed by atoms with Gasteiger partial charge in [0.25, 0.3) is 0 Å². The molecule has 0 unspecified atom stereocenters. The Labute approximate surface area is 107 Å². The van der Waals surface area contributed by atoms with Crippen LogP contribution >= 0.6 is 0 Å². The first-order valence-electron chi connectivity index (χ1n) is 5.78. The fourth-order valence-corrected chi connectivity index (χ4v) is 1.75. The highest BCUT2D eigenvalue weighted by Crippen LogP contribution is 2.24. The third-order valence-electron chi connectivity index (χ3n) is 2.90. The smallest absolute Gasteiger partial charge is 0.145 e. The standard InChI is InChI=1S/C14H16N4/c1-14(2,3)11-4-6-12(7-5-11)18-13(16)10(8-15)9-17-18/h4-7,9H,16H2,1-3H3. The molecule has 0 aliphatic rings. The van der Waals surface area contributed by atoms with Gasteiger partial charge in [-0.15, -0.1) is 0 Å². The molecule has 4 nitrogen and oxygen atoms in total. The van der Waals surface area contributed by atoms with Crippen molar-refractivity contribution in [3.8, 4) is 11.8 Å². The van der Waals surface area contributed by atoms with Gasteiger partial charge in [-0.1, -0.05) is 32.9 Å². The van der Waals surface area contributed by atoms with E-state index in [2.05, 4.69) is 38.0 Å². The van der Waals surface area contributed by atoms with Crippen molar-refractivity contribution >= 4 is 5.82 Å². The van der Waals surface area contributed by atoms with Crippen LogP contribution in [-0.4, -0.2) is 9.78 Å². The van der Waals surface area contributed by atoms with E-state index in [1.165, 1.54) is 11.8 Å². The summed E-state index contributed by atoms with van der Waals surface area (Å²) in [7, 11) is 0. The number of hydrogen-bond acceptors (Lipinski definition) is 3. The van der Waals surface area contributed by atoms with Gasteiger partial charge < -0.3 is 5.73 Å². The van der Waals surface area contributed by atoms with Crippen molar-refractivity contribution in [1.82, 2.24) is 9.78 Å². The Hall–Kier alpha value is -2.28. The normalized spacial score (nSPS) is 11.2. The van der Waals surface area contributed by atoms with E-state index in [0.717, 1.165) is 5.69 Å². The fraction of sp³-hybridized carbons (Fsp3) is 0.286. The third-order valence-corrected chi connectivity index (χ3v) is 2.90. The summed E-state index contributed by atoms with van der Waals surface area (Å²) in [6, 6.07) is 10.1. The largest absolute Gasteiger partial charge is 0.382 e. The van der Waals surface area contributed by atoms with Crippen LogP contribution in [0.5, 0.6) is 0 Å². The molecule has 0 aliphatic carbocycles. The summed E-state index contributed by atoms with van der Waals surface area (Å²) in [4.78, 5) is 0. The molecule has 1 aromatic carbocycles. The van der Waals surface area contributed by atoms with E-state index in [0.29, 0.717) is 11.4 Å². The Bertz CT molecular complexity index is 594. The van der Waals surface area contributed by atoms with E-state index >= 15 is 0 Å². The summed E-state index contributed by atoms with van der Waals surface area (Å²) in [5.74, 6) is 0.376. The first-order chi connectivity index (χ1) is 8.43. The first kappa shape index (κ1) is 12.2. The quantitative estimate of drug-likeness (QED) is 0.833. The van der Waals surface area contributed by atoms with Gasteiger partial charge in [-0.3, -0.25) is 0 Å². The molecular formula is C14H16N4. The van der Waals surface area contributed by atoms with Crippen LogP contribution in [0.1, 0.15) is 31.9 Å². The van der Waals surface area contributed by atoms with E-state index in [1.807, 2.05) is 18.2 Å². The molecule has 4 heteroatoms. The van der Waals surface area contributed by atoms with Crippen molar-refractivity contribution in [3.63, 3.8) is 0 Å². The maximum absolute atomic E-state index is 8.85. The molecule has 1 heterocycles. The zero-order valence-electron chi connectivity index (χ0n) is 10.8. The Morgan fingerprint density at radius 2 is 1.83 bits per heavy atom. The topological polar surface area (TPSA) is 67.6 Å². The second-order valence-electron chi connectivity index (χ2n) is 5.26. The molecule has 2 aromatic rings. The van der Waals surface area contributed by atoms with Gasteiger partial charge in [0.05, 0.1) is 11.9 Å². The van der Waals surface area contributed by atoms with Gasteiger partial charge in [0.2, 0.25) is 0 Å². The van der Waals surface area contributed by atoms with Crippen molar-refractivity contribution in [2.45, 2.75) is 26.2 Å². The Morgan fingerprint density at radius 3 is 2.28 bits per heavy atom. The summed E-state index contributed by atoms with van der Waals surface area (Å²) in [6.45, 7) is 6.49. The van der Waals surface area contributed by atoms with Crippen LogP contribution in [-0.2, 0) is 5.41 Å². The predicted molar refractivity (Wildman–Crippen MR) is 71.4 cm³/mol. The Kier molecular flexibility index (Phi) is 2.84. The van der Waals surface area contributed by atoms with Crippen LogP contribution in [0.15, 0.2) is 30.5 Å². The molecular weight excluding hydrogens is 224 g/mol. The van der Waals surface area contributed by atoms with Gasteiger partial charge in [-0.25, -0.2) is 4.68 Å². The van der Waals surface area contributed by atoms with Gasteiger partial charge in [0.1, 0.15) is 17.5 Å². The zero-order valence-corrected chi connectivity index (χ0v) is 10.8. The fourth-order valence-electron chi connectivity index (χ4n) is 1.75. The summed E-state index contributed by atoms with van der Waals surface area (Å²) in [6.07, 6.45) is 1.48. The lowest BCUT2D eigenvalue weighted by Crippen LogP contribution is -2.11. The molecule has 0 spiro atoms. The molecule has 0 atom stereocenters. The van der Waals surface area contributed by atoms with E-state index in [9.17, 15) is 0 Å². The highest BCUT2D eigenvalue weighted by atomic mass is 15.3. The number of nitriles is 1. The molecule has 0 saturated carbocycles. The van der Waals surface area contributed by atoms with Crippen LogP contribution in [0.3, 0.4) is 0 Å².